The van der Waals surface area contributed by atoms with Crippen LogP contribution in [0.5, 0.6) is 0 Å². The van der Waals surface area contributed by atoms with Crippen molar-refractivity contribution < 1.29 is 104 Å². The van der Waals surface area contributed by atoms with Crippen LogP contribution in [0.4, 0.5) is 5.69 Å². The molecular weight excluding hydrogens is 1210 g/mol. The van der Waals surface area contributed by atoms with Crippen LogP contribution < -0.4 is 4.90 Å². The number of aromatic nitrogens is 3. The molecule has 4 saturated heterocycles. The number of fused-ring (bicyclic) bond motifs is 5. The first-order valence-electron chi connectivity index (χ1n) is 27.6. The van der Waals surface area contributed by atoms with Crippen LogP contribution in [0.3, 0.4) is 0 Å². The molecule has 83 heavy (non-hydrogen) atoms. The molecule has 12 atom stereocenters. The molecular formula is C51H74N4O22P4S2. The number of hydrogen-bond acceptors (Lipinski definition) is 23. The SMILES string of the molecule is C=P(O)(OC[C@H]1OCCC1O)O[C@H]1CCO[C@H]1COP(O)(=S)OC1CCO[C@@H]1COP(O)(=S)O[C@H]1CCO[C@H]1COP(=O)(O)OCCC(=O)CCOCCC(=O)CCCC(=O)N1Cc2ccccc2-c2c(nnn2CCC)-c2ccccc21. The topological polar surface area (TPSA) is 323 Å². The van der Waals surface area contributed by atoms with E-state index in [4.69, 9.17) is 83.5 Å². The summed E-state index contributed by atoms with van der Waals surface area (Å²) in [5.74, 6) is -0.523. The molecule has 1 amide bonds. The van der Waals surface area contributed by atoms with Crippen molar-refractivity contribution in [1.82, 2.24) is 15.0 Å². The number of ether oxygens (including phenoxy) is 5. The second-order valence-corrected chi connectivity index (χ2v) is 29.1. The summed E-state index contributed by atoms with van der Waals surface area (Å²) in [6.45, 7) is -5.36. The molecule has 462 valence electrons. The Balaban J connectivity index is 0.673. The molecule has 0 radical (unpaired) electrons. The van der Waals surface area contributed by atoms with Gasteiger partial charge in [0.25, 0.3) is 0 Å². The van der Waals surface area contributed by atoms with E-state index in [0.29, 0.717) is 44.7 Å². The number of aliphatic hydroxyl groups is 1. The number of hydrogen-bond donors (Lipinski definition) is 5. The molecule has 2 aromatic carbocycles. The molecule has 1 aromatic heterocycles. The van der Waals surface area contributed by atoms with Crippen molar-refractivity contribution in [2.45, 2.75) is 139 Å². The van der Waals surface area contributed by atoms with E-state index in [1.807, 2.05) is 53.2 Å². The van der Waals surface area contributed by atoms with Gasteiger partial charge in [-0.1, -0.05) is 54.6 Å². The van der Waals surface area contributed by atoms with Gasteiger partial charge in [-0.2, -0.15) is 0 Å². The monoisotopic (exact) mass is 1280 g/mol. The minimum atomic E-state index is -4.68. The van der Waals surface area contributed by atoms with Crippen LogP contribution in [0.15, 0.2) is 48.5 Å². The smallest absolute Gasteiger partial charge is 0.390 e. The Morgan fingerprint density at radius 3 is 1.81 bits per heavy atom. The second-order valence-electron chi connectivity index (χ2n) is 20.3. The van der Waals surface area contributed by atoms with Crippen molar-refractivity contribution in [3.63, 3.8) is 0 Å². The molecule has 6 heterocycles. The zero-order valence-electron chi connectivity index (χ0n) is 46.0. The van der Waals surface area contributed by atoms with E-state index in [1.165, 1.54) is 0 Å². The summed E-state index contributed by atoms with van der Waals surface area (Å²) in [6, 6.07) is 15.6. The first-order valence-corrected chi connectivity index (χ1v) is 36.0. The highest BCUT2D eigenvalue weighted by Gasteiger charge is 2.41. The van der Waals surface area contributed by atoms with Crippen LogP contribution in [-0.4, -0.2) is 185 Å². The van der Waals surface area contributed by atoms with Gasteiger partial charge in [0.1, 0.15) is 41.7 Å². The molecule has 26 nitrogen and oxygen atoms in total. The molecule has 0 spiro atoms. The van der Waals surface area contributed by atoms with Crippen LogP contribution in [-0.2, 0) is 116 Å². The summed E-state index contributed by atoms with van der Waals surface area (Å²) < 4.78 is 86.6. The Labute approximate surface area is 491 Å². The number of aliphatic hydroxyl groups excluding tert-OH is 1. The van der Waals surface area contributed by atoms with Crippen LogP contribution in [0, 0.1) is 0 Å². The highest BCUT2D eigenvalue weighted by molar-refractivity contribution is 8.07. The molecule has 3 aromatic rings. The van der Waals surface area contributed by atoms with Gasteiger partial charge in [0.15, 0.2) is 0 Å². The standard InChI is InChI=1S/C51H74N4O22P4S2/c1-3-22-55-51-38-11-5-4-9-35(38)30-54(40-13-7-6-12-39(40)50(51)52-53-55)49(59)14-8-10-36(56)15-23-65-24-16-37(57)17-29-70-79(61,62)72-32-46-43(20-27-67-46)76-81(64,83)74-34-48-44(21-28-69-48)77-80(63,82)73-33-47-42(19-26-68-47)75-78(2,60)71-31-45-41(58)18-25-66-45/h4-7,9,11-13,41-48,58,60H,2-3,8,10,14-34H2,1H3,(H,61,62)(H,63,82)(H,64,83)/t41?,42-,43-,44?,45+,46-,47-,48+,78?,80?,81?/m0/s1. The highest BCUT2D eigenvalue weighted by Crippen LogP contribution is 2.52. The van der Waals surface area contributed by atoms with E-state index < -0.39 is 90.9 Å². The van der Waals surface area contributed by atoms with E-state index in [-0.39, 0.29) is 115 Å². The first-order chi connectivity index (χ1) is 39.7. The predicted molar refractivity (Wildman–Crippen MR) is 308 cm³/mol. The summed E-state index contributed by atoms with van der Waals surface area (Å²) >= 11 is 10.5. The largest absolute Gasteiger partial charge is 0.472 e. The predicted octanol–water partition coefficient (Wildman–Crippen LogP) is 5.84. The van der Waals surface area contributed by atoms with Gasteiger partial charge in [0, 0.05) is 95.5 Å². The maximum absolute atomic E-state index is 13.9. The molecule has 5 aliphatic heterocycles. The summed E-state index contributed by atoms with van der Waals surface area (Å²) in [5.41, 5.74) is 5.09. The number of carbonyl (C=O) groups excluding carboxylic acids is 3. The second kappa shape index (κ2) is 31.1. The van der Waals surface area contributed by atoms with Crippen molar-refractivity contribution in [3.8, 4) is 22.5 Å². The van der Waals surface area contributed by atoms with Gasteiger partial charge in [-0.25, -0.2) is 9.25 Å². The van der Waals surface area contributed by atoms with E-state index in [9.17, 15) is 43.6 Å². The molecule has 0 bridgehead atoms. The van der Waals surface area contributed by atoms with Crippen LogP contribution >= 0.6 is 28.8 Å². The third kappa shape index (κ3) is 19.7. The van der Waals surface area contributed by atoms with Crippen LogP contribution in [0.2, 0.25) is 0 Å². The van der Waals surface area contributed by atoms with E-state index >= 15 is 0 Å². The quantitative estimate of drug-likeness (QED) is 0.0346. The fourth-order valence-electron chi connectivity index (χ4n) is 9.86. The van der Waals surface area contributed by atoms with Crippen LogP contribution in [0.25, 0.3) is 22.5 Å². The van der Waals surface area contributed by atoms with E-state index in [1.54, 1.807) is 4.90 Å². The van der Waals surface area contributed by atoms with Crippen molar-refractivity contribution >= 4 is 81.9 Å². The van der Waals surface area contributed by atoms with Gasteiger partial charge in [0.2, 0.25) is 13.5 Å². The molecule has 5 aliphatic rings. The fraction of sp³-hybridized carbons (Fsp3) is 0.647. The Morgan fingerprint density at radius 2 is 1.19 bits per heavy atom. The number of ketones is 2. The lowest BCUT2D eigenvalue weighted by Crippen LogP contribution is -2.31. The lowest BCUT2D eigenvalue weighted by Gasteiger charge is -2.28. The number of amides is 1. The van der Waals surface area contributed by atoms with Gasteiger partial charge in [-0.05, 0) is 60.8 Å². The molecule has 6 unspecified atom stereocenters. The lowest BCUT2D eigenvalue weighted by atomic mass is 9.95. The third-order valence-corrected chi connectivity index (χ3v) is 19.5. The fourth-order valence-corrected chi connectivity index (χ4v) is 14.7. The molecule has 8 rings (SSSR count). The van der Waals surface area contributed by atoms with E-state index in [2.05, 4.69) is 23.5 Å². The average molecular weight is 1280 g/mol. The molecule has 4 fully saturated rings. The van der Waals surface area contributed by atoms with Gasteiger partial charge < -0.3 is 80.4 Å². The normalized spacial score (nSPS) is 26.2. The van der Waals surface area contributed by atoms with Crippen molar-refractivity contribution in [2.75, 3.05) is 77.6 Å². The third-order valence-electron chi connectivity index (χ3n) is 14.2. The number of nitrogens with zero attached hydrogens (tertiary/aromatic N) is 4. The summed E-state index contributed by atoms with van der Waals surface area (Å²) in [6.07, 6.45) is 0.0389. The average Bonchev–Trinajstić information content (AvgIpc) is 3.24. The number of phosphoric acid groups is 1. The van der Waals surface area contributed by atoms with E-state index in [0.717, 1.165) is 34.5 Å². The van der Waals surface area contributed by atoms with Gasteiger partial charge >= 0.3 is 21.3 Å². The number of benzene rings is 2. The van der Waals surface area contributed by atoms with Gasteiger partial charge in [-0.3, -0.25) is 23.4 Å². The van der Waals surface area contributed by atoms with Crippen LogP contribution in [0.1, 0.15) is 83.1 Å². The summed E-state index contributed by atoms with van der Waals surface area (Å²) in [4.78, 5) is 84.0. The number of Topliss-reactive ketones (excluding diaryl/α,β-unsaturated/α-hetero) is 2. The van der Waals surface area contributed by atoms with Crippen molar-refractivity contribution in [2.24, 2.45) is 0 Å². The zero-order valence-corrected chi connectivity index (χ0v) is 51.2. The number of para-hydroxylation sites is 1. The van der Waals surface area contributed by atoms with Gasteiger partial charge in [0.05, 0.1) is 88.6 Å². The highest BCUT2D eigenvalue weighted by atomic mass is 32.5. The number of aryl methyl sites for hydroxylation is 1. The Kier molecular flexibility index (Phi) is 24.9. The molecule has 0 aliphatic carbocycles. The van der Waals surface area contributed by atoms with Crippen molar-refractivity contribution in [3.05, 3.63) is 54.1 Å². The van der Waals surface area contributed by atoms with Crippen molar-refractivity contribution in [1.29, 1.82) is 0 Å². The zero-order chi connectivity index (χ0) is 59.2. The number of anilines is 1. The first kappa shape index (κ1) is 66.5. The minimum absolute atomic E-state index is 0.0171. The Morgan fingerprint density at radius 1 is 0.663 bits per heavy atom. The summed E-state index contributed by atoms with van der Waals surface area (Å²) in [7, 11) is -8.28. The number of carbonyl (C=O) groups is 3. The molecule has 32 heteroatoms. The minimum Gasteiger partial charge on any atom is -0.390 e. The lowest BCUT2D eigenvalue weighted by molar-refractivity contribution is -0.121. The Bertz CT molecular complexity index is 2870. The number of phosphoric ester groups is 1. The van der Waals surface area contributed by atoms with Gasteiger partial charge in [-0.15, -0.1) is 5.10 Å². The number of rotatable bonds is 34. The molecule has 0 saturated carbocycles. The Hall–Kier alpha value is -2.50. The maximum Gasteiger partial charge on any atom is 0.472 e. The molecule has 5 N–H and O–H groups in total. The maximum atomic E-state index is 13.9. The summed E-state index contributed by atoms with van der Waals surface area (Å²) in [5, 5.41) is 19.0.